The lowest BCUT2D eigenvalue weighted by atomic mass is 10.0. The second kappa shape index (κ2) is 5.31. The zero-order chi connectivity index (χ0) is 14.0. The molecule has 1 heterocycles. The summed E-state index contributed by atoms with van der Waals surface area (Å²) in [5, 5.41) is 0. The summed E-state index contributed by atoms with van der Waals surface area (Å²) >= 11 is 0. The third kappa shape index (κ3) is 2.70. The van der Waals surface area contributed by atoms with Crippen LogP contribution in [-0.2, 0) is 0 Å². The van der Waals surface area contributed by atoms with E-state index in [1.165, 1.54) is 5.56 Å². The Hall–Kier alpha value is -2.03. The van der Waals surface area contributed by atoms with Gasteiger partial charge in [-0.3, -0.25) is 4.79 Å². The number of hydrogen-bond donors (Lipinski definition) is 0. The van der Waals surface area contributed by atoms with E-state index in [9.17, 15) is 4.79 Å². The maximum absolute atomic E-state index is 12.4. The zero-order valence-electron chi connectivity index (χ0n) is 11.8. The summed E-state index contributed by atoms with van der Waals surface area (Å²) in [7, 11) is 1.82. The van der Waals surface area contributed by atoms with E-state index in [1.807, 2.05) is 14.0 Å². The maximum atomic E-state index is 12.4. The van der Waals surface area contributed by atoms with Gasteiger partial charge < -0.3 is 9.32 Å². The molecule has 0 aliphatic rings. The van der Waals surface area contributed by atoms with Gasteiger partial charge in [-0.05, 0) is 32.4 Å². The molecule has 0 bridgehead atoms. The van der Waals surface area contributed by atoms with E-state index in [1.54, 1.807) is 24.2 Å². The molecule has 0 spiro atoms. The third-order valence-electron chi connectivity index (χ3n) is 3.55. The summed E-state index contributed by atoms with van der Waals surface area (Å²) in [6, 6.07) is 10.00. The van der Waals surface area contributed by atoms with Gasteiger partial charge in [-0.1, -0.05) is 29.8 Å². The fraction of sp³-hybridized carbons (Fsp3) is 0.312. The summed E-state index contributed by atoms with van der Waals surface area (Å²) < 4.78 is 5.19. The lowest BCUT2D eigenvalue weighted by molar-refractivity contribution is 0.0741. The molecule has 0 radical (unpaired) electrons. The van der Waals surface area contributed by atoms with Gasteiger partial charge in [-0.15, -0.1) is 0 Å². The van der Waals surface area contributed by atoms with Crippen molar-refractivity contribution in [3.63, 3.8) is 0 Å². The Bertz CT molecular complexity index is 569. The van der Waals surface area contributed by atoms with Gasteiger partial charge >= 0.3 is 0 Å². The van der Waals surface area contributed by atoms with Crippen LogP contribution in [0.15, 0.2) is 41.0 Å². The molecule has 2 aromatic rings. The largest absolute Gasteiger partial charge is 0.469 e. The van der Waals surface area contributed by atoms with Crippen molar-refractivity contribution in [3.8, 4) is 0 Å². The molecule has 0 N–H and O–H groups in total. The van der Waals surface area contributed by atoms with Crippen molar-refractivity contribution < 1.29 is 9.21 Å². The van der Waals surface area contributed by atoms with Gasteiger partial charge in [0.2, 0.25) is 0 Å². The lowest BCUT2D eigenvalue weighted by Crippen LogP contribution is -2.29. The van der Waals surface area contributed by atoms with Gasteiger partial charge in [0.05, 0.1) is 17.9 Å². The van der Waals surface area contributed by atoms with Gasteiger partial charge in [-0.25, -0.2) is 0 Å². The fourth-order valence-corrected chi connectivity index (χ4v) is 2.04. The molecule has 1 aromatic carbocycles. The number of benzene rings is 1. The number of amides is 1. The van der Waals surface area contributed by atoms with Gasteiger partial charge in [0.1, 0.15) is 5.76 Å². The van der Waals surface area contributed by atoms with Crippen molar-refractivity contribution in [2.75, 3.05) is 7.05 Å². The van der Waals surface area contributed by atoms with Crippen LogP contribution in [0.5, 0.6) is 0 Å². The van der Waals surface area contributed by atoms with Crippen LogP contribution < -0.4 is 0 Å². The third-order valence-corrected chi connectivity index (χ3v) is 3.55. The normalized spacial score (nSPS) is 12.2. The van der Waals surface area contributed by atoms with E-state index in [0.717, 1.165) is 5.56 Å². The number of carbonyl (C=O) groups is 1. The Morgan fingerprint density at radius 2 is 1.79 bits per heavy atom. The first kappa shape index (κ1) is 13.4. The average molecular weight is 257 g/mol. The lowest BCUT2D eigenvalue weighted by Gasteiger charge is -2.25. The molecule has 3 nitrogen and oxygen atoms in total. The minimum atomic E-state index is -0.0145. The summed E-state index contributed by atoms with van der Waals surface area (Å²) in [6.07, 6.45) is 1.55. The Labute approximate surface area is 113 Å². The van der Waals surface area contributed by atoms with Gasteiger partial charge in [0, 0.05) is 7.05 Å². The predicted molar refractivity (Wildman–Crippen MR) is 75.1 cm³/mol. The smallest absolute Gasteiger partial charge is 0.257 e. The highest BCUT2D eigenvalue weighted by Gasteiger charge is 2.21. The monoisotopic (exact) mass is 257 g/mol. The number of hydrogen-bond acceptors (Lipinski definition) is 2. The van der Waals surface area contributed by atoms with Gasteiger partial charge in [-0.2, -0.15) is 0 Å². The number of furan rings is 1. The van der Waals surface area contributed by atoms with Crippen LogP contribution in [0.3, 0.4) is 0 Å². The highest BCUT2D eigenvalue weighted by Crippen LogP contribution is 2.22. The van der Waals surface area contributed by atoms with E-state index in [-0.39, 0.29) is 11.9 Å². The first-order chi connectivity index (χ1) is 9.00. The molecular formula is C16H19NO2. The van der Waals surface area contributed by atoms with Crippen LogP contribution in [0.25, 0.3) is 0 Å². The van der Waals surface area contributed by atoms with E-state index in [2.05, 4.69) is 31.2 Å². The Morgan fingerprint density at radius 3 is 2.32 bits per heavy atom. The van der Waals surface area contributed by atoms with Crippen molar-refractivity contribution >= 4 is 5.91 Å². The Kier molecular flexibility index (Phi) is 3.74. The number of aryl methyl sites for hydroxylation is 2. The molecular weight excluding hydrogens is 238 g/mol. The van der Waals surface area contributed by atoms with Crippen molar-refractivity contribution in [3.05, 3.63) is 59.0 Å². The number of nitrogens with zero attached hydrogens (tertiary/aromatic N) is 1. The molecule has 0 saturated carbocycles. The molecule has 0 fully saturated rings. The maximum Gasteiger partial charge on any atom is 0.257 e. The zero-order valence-corrected chi connectivity index (χ0v) is 11.8. The molecule has 2 rings (SSSR count). The van der Waals surface area contributed by atoms with Gasteiger partial charge in [0.25, 0.3) is 5.91 Å². The predicted octanol–water partition coefficient (Wildman–Crippen LogP) is 3.73. The minimum absolute atomic E-state index is 0.0145. The second-order valence-corrected chi connectivity index (χ2v) is 4.89. The minimum Gasteiger partial charge on any atom is -0.469 e. The summed E-state index contributed by atoms with van der Waals surface area (Å²) in [4.78, 5) is 14.1. The average Bonchev–Trinajstić information content (AvgIpc) is 2.83. The van der Waals surface area contributed by atoms with Crippen LogP contribution in [0.1, 0.15) is 40.2 Å². The van der Waals surface area contributed by atoms with Crippen LogP contribution in [-0.4, -0.2) is 17.9 Å². The van der Waals surface area contributed by atoms with Crippen molar-refractivity contribution in [2.45, 2.75) is 26.8 Å². The summed E-state index contributed by atoms with van der Waals surface area (Å²) in [5.41, 5.74) is 2.97. The van der Waals surface area contributed by atoms with E-state index >= 15 is 0 Å². The van der Waals surface area contributed by atoms with Crippen LogP contribution in [0.2, 0.25) is 0 Å². The van der Waals surface area contributed by atoms with Crippen LogP contribution in [0, 0.1) is 13.8 Å². The van der Waals surface area contributed by atoms with Gasteiger partial charge in [0.15, 0.2) is 0 Å². The standard InChI is InChI=1S/C16H19NO2/c1-11-5-7-14(8-6-11)12(2)17(4)16(18)15-9-10-19-13(15)3/h5-10,12H,1-4H3. The van der Waals surface area contributed by atoms with Crippen molar-refractivity contribution in [1.82, 2.24) is 4.90 Å². The second-order valence-electron chi connectivity index (χ2n) is 4.89. The first-order valence-electron chi connectivity index (χ1n) is 6.38. The van der Waals surface area contributed by atoms with Crippen molar-refractivity contribution in [1.29, 1.82) is 0 Å². The molecule has 1 aromatic heterocycles. The molecule has 1 atom stereocenters. The molecule has 1 amide bonds. The van der Waals surface area contributed by atoms with Crippen LogP contribution >= 0.6 is 0 Å². The Morgan fingerprint density at radius 1 is 1.16 bits per heavy atom. The first-order valence-corrected chi connectivity index (χ1v) is 6.38. The van der Waals surface area contributed by atoms with E-state index in [4.69, 9.17) is 4.42 Å². The van der Waals surface area contributed by atoms with E-state index < -0.39 is 0 Å². The Balaban J connectivity index is 2.19. The molecule has 0 saturated heterocycles. The summed E-state index contributed by atoms with van der Waals surface area (Å²) in [6.45, 7) is 5.88. The molecule has 0 aliphatic heterocycles. The molecule has 3 heteroatoms. The van der Waals surface area contributed by atoms with E-state index in [0.29, 0.717) is 11.3 Å². The quantitative estimate of drug-likeness (QED) is 0.839. The fourth-order valence-electron chi connectivity index (χ4n) is 2.04. The molecule has 19 heavy (non-hydrogen) atoms. The number of rotatable bonds is 3. The highest BCUT2D eigenvalue weighted by molar-refractivity contribution is 5.95. The highest BCUT2D eigenvalue weighted by atomic mass is 16.3. The molecule has 100 valence electrons. The topological polar surface area (TPSA) is 33.5 Å². The van der Waals surface area contributed by atoms with Crippen molar-refractivity contribution in [2.24, 2.45) is 0 Å². The summed E-state index contributed by atoms with van der Waals surface area (Å²) in [5.74, 6) is 0.646. The molecule has 0 aliphatic carbocycles. The van der Waals surface area contributed by atoms with Crippen LogP contribution in [0.4, 0.5) is 0 Å². The number of carbonyl (C=O) groups excluding carboxylic acids is 1. The SMILES string of the molecule is Cc1ccc(C(C)N(C)C(=O)c2ccoc2C)cc1. The molecule has 1 unspecified atom stereocenters.